The predicted octanol–water partition coefficient (Wildman–Crippen LogP) is 1.90. The molecule has 0 saturated carbocycles. The topological polar surface area (TPSA) is 86.1 Å². The highest BCUT2D eigenvalue weighted by Gasteiger charge is 2.23. The number of hydrogen-bond donors (Lipinski definition) is 1. The first-order chi connectivity index (χ1) is 11.6. The fraction of sp³-hybridized carbons (Fsp3) is 0.375. The van der Waals surface area contributed by atoms with Crippen LogP contribution in [0.25, 0.3) is 10.9 Å². The van der Waals surface area contributed by atoms with E-state index in [1.807, 2.05) is 30.3 Å². The minimum Gasteiger partial charge on any atom is -0.383 e. The Morgan fingerprint density at radius 2 is 2.04 bits per heavy atom. The number of nitrogens with one attached hydrogen (secondary N) is 1. The van der Waals surface area contributed by atoms with Crippen LogP contribution in [0.5, 0.6) is 0 Å². The van der Waals surface area contributed by atoms with Crippen LogP contribution in [0.2, 0.25) is 0 Å². The van der Waals surface area contributed by atoms with Gasteiger partial charge in [-0.15, -0.1) is 0 Å². The smallest absolute Gasteiger partial charge is 0.215 e. The van der Waals surface area contributed by atoms with E-state index in [0.29, 0.717) is 25.3 Å². The summed E-state index contributed by atoms with van der Waals surface area (Å²) in [5, 5.41) is 13.1. The van der Waals surface area contributed by atoms with Crippen LogP contribution in [-0.4, -0.2) is 54.6 Å². The summed E-state index contributed by atoms with van der Waals surface area (Å²) < 4.78 is 26.3. The molecule has 0 radical (unpaired) electrons. The highest BCUT2D eigenvalue weighted by atomic mass is 32.2. The second-order valence-corrected chi connectivity index (χ2v) is 8.75. The van der Waals surface area contributed by atoms with Crippen molar-refractivity contribution in [3.63, 3.8) is 0 Å². The van der Waals surface area contributed by atoms with E-state index in [-0.39, 0.29) is 5.75 Å². The van der Waals surface area contributed by atoms with Gasteiger partial charge in [0.25, 0.3) is 0 Å². The number of benzene rings is 1. The van der Waals surface area contributed by atoms with Crippen LogP contribution in [0.3, 0.4) is 0 Å². The van der Waals surface area contributed by atoms with Crippen molar-refractivity contribution in [2.45, 2.75) is 0 Å². The molecule has 2 heterocycles. The molecule has 6 nitrogen and oxygen atoms in total. The molecule has 1 aliphatic heterocycles. The third kappa shape index (κ3) is 3.80. The maximum Gasteiger partial charge on any atom is 0.215 e. The lowest BCUT2D eigenvalue weighted by Gasteiger charge is -2.25. The molecule has 3 rings (SSSR count). The minimum atomic E-state index is -3.25. The van der Waals surface area contributed by atoms with Crippen molar-refractivity contribution in [2.24, 2.45) is 0 Å². The van der Waals surface area contributed by atoms with Gasteiger partial charge in [-0.05, 0) is 12.1 Å². The molecule has 1 aromatic carbocycles. The first-order valence-corrected chi connectivity index (χ1v) is 10.5. The van der Waals surface area contributed by atoms with Crippen molar-refractivity contribution in [2.75, 3.05) is 42.2 Å². The lowest BCUT2D eigenvalue weighted by atomic mass is 10.1. The molecular weight excluding hydrogens is 344 g/mol. The zero-order chi connectivity index (χ0) is 17.0. The molecule has 0 amide bonds. The summed E-state index contributed by atoms with van der Waals surface area (Å²) in [7, 11) is -3.25. The van der Waals surface area contributed by atoms with Crippen LogP contribution < -0.4 is 5.32 Å². The number of pyridine rings is 1. The van der Waals surface area contributed by atoms with Crippen molar-refractivity contribution in [3.8, 4) is 6.07 Å². The van der Waals surface area contributed by atoms with Gasteiger partial charge in [0.2, 0.25) is 10.0 Å². The van der Waals surface area contributed by atoms with Crippen LogP contribution in [-0.2, 0) is 10.0 Å². The van der Waals surface area contributed by atoms with Crippen molar-refractivity contribution in [3.05, 3.63) is 36.0 Å². The van der Waals surface area contributed by atoms with E-state index in [9.17, 15) is 8.42 Å². The number of fused-ring (bicyclic) bond motifs is 1. The second kappa shape index (κ2) is 7.38. The standard InChI is InChI=1S/C16H18N4O2S2/c17-12-13-11-16(14-3-1-2-4-15(14)19-13)18-5-10-24(21,22)20-6-8-23-9-7-20/h1-4,11H,5-10H2,(H,18,19). The first kappa shape index (κ1) is 17.0. The molecule has 126 valence electrons. The van der Waals surface area contributed by atoms with Crippen LogP contribution in [0, 0.1) is 11.3 Å². The molecular formula is C16H18N4O2S2. The Morgan fingerprint density at radius 3 is 2.79 bits per heavy atom. The Hall–Kier alpha value is -1.82. The van der Waals surface area contributed by atoms with E-state index in [1.165, 1.54) is 0 Å². The van der Waals surface area contributed by atoms with Gasteiger partial charge in [-0.1, -0.05) is 18.2 Å². The van der Waals surface area contributed by atoms with Crippen molar-refractivity contribution >= 4 is 38.4 Å². The normalized spacial score (nSPS) is 16.0. The van der Waals surface area contributed by atoms with E-state index < -0.39 is 10.0 Å². The summed E-state index contributed by atoms with van der Waals surface area (Å²) in [6.45, 7) is 1.47. The largest absolute Gasteiger partial charge is 0.383 e. The van der Waals surface area contributed by atoms with Gasteiger partial charge >= 0.3 is 0 Å². The number of para-hydroxylation sites is 1. The molecule has 1 saturated heterocycles. The lowest BCUT2D eigenvalue weighted by Crippen LogP contribution is -2.40. The predicted molar refractivity (Wildman–Crippen MR) is 97.6 cm³/mol. The van der Waals surface area contributed by atoms with Crippen LogP contribution in [0.4, 0.5) is 5.69 Å². The van der Waals surface area contributed by atoms with E-state index in [1.54, 1.807) is 22.1 Å². The van der Waals surface area contributed by atoms with Gasteiger partial charge < -0.3 is 5.32 Å². The quantitative estimate of drug-likeness (QED) is 0.874. The third-order valence-corrected chi connectivity index (χ3v) is 6.68. The fourth-order valence-electron chi connectivity index (χ4n) is 2.65. The highest BCUT2D eigenvalue weighted by Crippen LogP contribution is 2.23. The zero-order valence-electron chi connectivity index (χ0n) is 13.1. The van der Waals surface area contributed by atoms with Gasteiger partial charge in [-0.2, -0.15) is 17.0 Å². The second-order valence-electron chi connectivity index (χ2n) is 5.44. The van der Waals surface area contributed by atoms with E-state index in [4.69, 9.17) is 5.26 Å². The summed E-state index contributed by atoms with van der Waals surface area (Å²) >= 11 is 1.78. The SMILES string of the molecule is N#Cc1cc(NCCS(=O)(=O)N2CCSCC2)c2ccccc2n1. The fourth-order valence-corrected chi connectivity index (χ4v) is 5.14. The van der Waals surface area contributed by atoms with Gasteiger partial charge in [0.05, 0.1) is 11.3 Å². The Bertz CT molecular complexity index is 871. The Balaban J connectivity index is 1.73. The molecule has 1 aliphatic rings. The van der Waals surface area contributed by atoms with Gasteiger partial charge in [-0.3, -0.25) is 0 Å². The summed E-state index contributed by atoms with van der Waals surface area (Å²) in [4.78, 5) is 4.25. The first-order valence-electron chi connectivity index (χ1n) is 7.69. The number of nitrogens with zero attached hydrogens (tertiary/aromatic N) is 3. The maximum absolute atomic E-state index is 12.4. The number of hydrogen-bond acceptors (Lipinski definition) is 6. The Labute approximate surface area is 145 Å². The molecule has 1 aromatic heterocycles. The van der Waals surface area contributed by atoms with E-state index >= 15 is 0 Å². The van der Waals surface area contributed by atoms with Crippen molar-refractivity contribution in [1.29, 1.82) is 5.26 Å². The molecule has 24 heavy (non-hydrogen) atoms. The van der Waals surface area contributed by atoms with E-state index in [0.717, 1.165) is 28.1 Å². The molecule has 0 aliphatic carbocycles. The molecule has 8 heteroatoms. The number of anilines is 1. The van der Waals surface area contributed by atoms with Crippen molar-refractivity contribution in [1.82, 2.24) is 9.29 Å². The van der Waals surface area contributed by atoms with Gasteiger partial charge in [0.1, 0.15) is 11.8 Å². The van der Waals surface area contributed by atoms with E-state index in [2.05, 4.69) is 10.3 Å². The molecule has 0 bridgehead atoms. The molecule has 1 N–H and O–H groups in total. The molecule has 1 fully saturated rings. The van der Waals surface area contributed by atoms with Gasteiger partial charge in [0, 0.05) is 42.2 Å². The van der Waals surface area contributed by atoms with Crippen molar-refractivity contribution < 1.29 is 8.42 Å². The van der Waals surface area contributed by atoms with Gasteiger partial charge in [-0.25, -0.2) is 17.7 Å². The molecule has 0 spiro atoms. The summed E-state index contributed by atoms with van der Waals surface area (Å²) in [5.74, 6) is 1.75. The summed E-state index contributed by atoms with van der Waals surface area (Å²) in [6.07, 6.45) is 0. The molecule has 2 aromatic rings. The number of thioether (sulfide) groups is 1. The highest BCUT2D eigenvalue weighted by molar-refractivity contribution is 7.99. The van der Waals surface area contributed by atoms with Crippen LogP contribution in [0.1, 0.15) is 5.69 Å². The maximum atomic E-state index is 12.4. The average Bonchev–Trinajstić information content (AvgIpc) is 2.62. The van der Waals surface area contributed by atoms with Crippen LogP contribution in [0.15, 0.2) is 30.3 Å². The number of nitriles is 1. The van der Waals surface area contributed by atoms with Crippen LogP contribution >= 0.6 is 11.8 Å². The Morgan fingerprint density at radius 1 is 1.29 bits per heavy atom. The monoisotopic (exact) mass is 362 g/mol. The zero-order valence-corrected chi connectivity index (χ0v) is 14.7. The lowest BCUT2D eigenvalue weighted by molar-refractivity contribution is 0.444. The number of aromatic nitrogens is 1. The summed E-state index contributed by atoms with van der Waals surface area (Å²) in [6, 6.07) is 11.2. The number of rotatable bonds is 5. The summed E-state index contributed by atoms with van der Waals surface area (Å²) in [5.41, 5.74) is 1.77. The Kier molecular flexibility index (Phi) is 5.23. The van der Waals surface area contributed by atoms with Gasteiger partial charge in [0.15, 0.2) is 0 Å². The third-order valence-electron chi connectivity index (χ3n) is 3.87. The molecule has 0 atom stereocenters. The number of sulfonamides is 1. The minimum absolute atomic E-state index is 0.0379. The average molecular weight is 362 g/mol. The molecule has 0 unspecified atom stereocenters.